The third-order valence-corrected chi connectivity index (χ3v) is 10.1. The van der Waals surface area contributed by atoms with Crippen LogP contribution in [0, 0.1) is 0 Å². The van der Waals surface area contributed by atoms with Crippen molar-refractivity contribution >= 4 is 27.2 Å². The zero-order chi connectivity index (χ0) is 28.5. The topological polar surface area (TPSA) is 185 Å². The van der Waals surface area contributed by atoms with Gasteiger partial charge in [0, 0.05) is 41.6 Å². The van der Waals surface area contributed by atoms with Crippen LogP contribution in [0.15, 0.2) is 35.7 Å². The van der Waals surface area contributed by atoms with E-state index in [1.54, 1.807) is 12.4 Å². The molecule has 4 N–H and O–H groups in total. The van der Waals surface area contributed by atoms with Crippen molar-refractivity contribution in [2.75, 3.05) is 12.0 Å². The number of fused-ring (bicyclic) bond motifs is 3. The lowest BCUT2D eigenvalue weighted by atomic mass is 9.87. The molecule has 14 heteroatoms. The molecule has 1 saturated carbocycles. The summed E-state index contributed by atoms with van der Waals surface area (Å²) in [6.07, 6.45) is 11.8. The number of sulfone groups is 1. The minimum atomic E-state index is -3.75. The predicted octanol–water partition coefficient (Wildman–Crippen LogP) is 2.21. The van der Waals surface area contributed by atoms with Gasteiger partial charge in [0.2, 0.25) is 5.82 Å². The van der Waals surface area contributed by atoms with Crippen LogP contribution in [-0.4, -0.2) is 77.4 Å². The molecule has 214 valence electrons. The van der Waals surface area contributed by atoms with E-state index in [0.29, 0.717) is 48.3 Å². The van der Waals surface area contributed by atoms with Crippen molar-refractivity contribution in [1.82, 2.24) is 39.7 Å². The standard InChI is InChI=1S/C27H31N9O4S/c1-41(39,40)22-21(16-10-17-5-6-18(11-16)35(17)26(37)24-30-14-31-34-24)33-25-19(13-32-36(25)23(22)28)15-4-7-20(29-12-15)27(38)8-2-3-9-27/h4,7,12-14,16-18,38H,2-3,5-6,8-11,28H2,1H3,(H,30,31,34)/t17-,18-/m1/s1. The van der Waals surface area contributed by atoms with E-state index in [4.69, 9.17) is 10.7 Å². The molecule has 3 fully saturated rings. The van der Waals surface area contributed by atoms with Crippen molar-refractivity contribution in [3.05, 3.63) is 48.1 Å². The Morgan fingerprint density at radius 2 is 1.85 bits per heavy atom. The molecular formula is C27H31N9O4S. The lowest BCUT2D eigenvalue weighted by molar-refractivity contribution is 0.0399. The highest BCUT2D eigenvalue weighted by molar-refractivity contribution is 7.91. The first kappa shape index (κ1) is 26.0. The van der Waals surface area contributed by atoms with E-state index < -0.39 is 15.4 Å². The summed E-state index contributed by atoms with van der Waals surface area (Å²) >= 11 is 0. The number of hydrogen-bond donors (Lipinski definition) is 3. The van der Waals surface area contributed by atoms with Crippen molar-refractivity contribution in [2.24, 2.45) is 0 Å². The molecule has 2 atom stereocenters. The summed E-state index contributed by atoms with van der Waals surface area (Å²) in [5, 5.41) is 21.8. The van der Waals surface area contributed by atoms with Gasteiger partial charge >= 0.3 is 0 Å². The van der Waals surface area contributed by atoms with Gasteiger partial charge in [-0.25, -0.2) is 18.4 Å². The van der Waals surface area contributed by atoms with Crippen LogP contribution in [-0.2, 0) is 15.4 Å². The average molecular weight is 578 g/mol. The Labute approximate surface area is 236 Å². The lowest BCUT2D eigenvalue weighted by Crippen LogP contribution is -2.46. The van der Waals surface area contributed by atoms with Gasteiger partial charge in [-0.3, -0.25) is 14.9 Å². The van der Waals surface area contributed by atoms with Crippen LogP contribution in [0.2, 0.25) is 0 Å². The second-order valence-electron chi connectivity index (χ2n) is 11.5. The maximum Gasteiger partial charge on any atom is 0.291 e. The molecule has 41 heavy (non-hydrogen) atoms. The molecule has 0 spiro atoms. The normalized spacial score (nSPS) is 23.9. The number of nitrogen functional groups attached to an aromatic ring is 1. The summed E-state index contributed by atoms with van der Waals surface area (Å²) in [6, 6.07) is 3.56. The second-order valence-corrected chi connectivity index (χ2v) is 13.5. The zero-order valence-electron chi connectivity index (χ0n) is 22.6. The van der Waals surface area contributed by atoms with Crippen LogP contribution < -0.4 is 5.73 Å². The molecule has 13 nitrogen and oxygen atoms in total. The number of pyridine rings is 1. The number of H-pyrrole nitrogens is 1. The fourth-order valence-corrected chi connectivity index (χ4v) is 8.14. The number of aliphatic hydroxyl groups is 1. The molecule has 4 aromatic heterocycles. The predicted molar refractivity (Wildman–Crippen MR) is 147 cm³/mol. The maximum atomic E-state index is 13.1. The van der Waals surface area contributed by atoms with E-state index in [2.05, 4.69) is 25.3 Å². The van der Waals surface area contributed by atoms with Crippen LogP contribution in [0.1, 0.15) is 79.3 Å². The van der Waals surface area contributed by atoms with Gasteiger partial charge in [-0.2, -0.15) is 14.7 Å². The molecule has 0 radical (unpaired) electrons. The number of nitrogens with one attached hydrogen (secondary N) is 1. The molecule has 1 aliphatic carbocycles. The highest BCUT2D eigenvalue weighted by Crippen LogP contribution is 2.46. The van der Waals surface area contributed by atoms with Crippen molar-refractivity contribution in [1.29, 1.82) is 0 Å². The molecule has 3 aliphatic rings. The van der Waals surface area contributed by atoms with Gasteiger partial charge in [-0.05, 0) is 44.6 Å². The first-order valence-corrected chi connectivity index (χ1v) is 15.8. The molecule has 0 unspecified atom stereocenters. The Bertz CT molecular complexity index is 1730. The largest absolute Gasteiger partial charge is 0.384 e. The highest BCUT2D eigenvalue weighted by atomic mass is 32.2. The Hall–Kier alpha value is -3.91. The minimum absolute atomic E-state index is 0.0103. The number of rotatable bonds is 5. The molecular weight excluding hydrogens is 546 g/mol. The van der Waals surface area contributed by atoms with Crippen LogP contribution in [0.25, 0.3) is 16.8 Å². The Balaban J connectivity index is 1.28. The lowest BCUT2D eigenvalue weighted by Gasteiger charge is -2.38. The third kappa shape index (κ3) is 4.19. The number of piperidine rings is 1. The molecule has 2 saturated heterocycles. The van der Waals surface area contributed by atoms with Gasteiger partial charge in [0.15, 0.2) is 15.5 Å². The SMILES string of the molecule is CS(=O)(=O)c1c(C2C[C@H]3CC[C@H](C2)N3C(=O)c2ncn[nH]2)nc2c(-c3ccc(C4(O)CCCC4)nc3)cnn2c1N. The number of nitrogens with zero attached hydrogens (tertiary/aromatic N) is 7. The second kappa shape index (κ2) is 9.31. The van der Waals surface area contributed by atoms with Crippen LogP contribution >= 0.6 is 0 Å². The fourth-order valence-electron chi connectivity index (χ4n) is 7.09. The van der Waals surface area contributed by atoms with E-state index >= 15 is 0 Å². The van der Waals surface area contributed by atoms with Gasteiger partial charge in [-0.15, -0.1) is 0 Å². The van der Waals surface area contributed by atoms with Crippen LogP contribution in [0.4, 0.5) is 5.82 Å². The summed E-state index contributed by atoms with van der Waals surface area (Å²) in [5.41, 5.74) is 8.49. The molecule has 7 rings (SSSR count). The van der Waals surface area contributed by atoms with Crippen molar-refractivity contribution in [2.45, 2.75) is 79.9 Å². The molecule has 2 bridgehead atoms. The first-order chi connectivity index (χ1) is 19.6. The van der Waals surface area contributed by atoms with E-state index in [-0.39, 0.29) is 40.4 Å². The molecule has 6 heterocycles. The van der Waals surface area contributed by atoms with Crippen LogP contribution in [0.5, 0.6) is 0 Å². The molecule has 4 aromatic rings. The van der Waals surface area contributed by atoms with E-state index in [1.807, 2.05) is 17.0 Å². The number of amides is 1. The maximum absolute atomic E-state index is 13.1. The van der Waals surface area contributed by atoms with Gasteiger partial charge in [0.1, 0.15) is 22.6 Å². The number of carbonyl (C=O) groups is 1. The van der Waals surface area contributed by atoms with E-state index in [9.17, 15) is 18.3 Å². The third-order valence-electron chi connectivity index (χ3n) is 8.99. The number of anilines is 1. The highest BCUT2D eigenvalue weighted by Gasteiger charge is 2.46. The smallest absolute Gasteiger partial charge is 0.291 e. The van der Waals surface area contributed by atoms with Gasteiger partial charge in [0.05, 0.1) is 17.6 Å². The summed E-state index contributed by atoms with van der Waals surface area (Å²) in [5.74, 6) is -0.209. The van der Waals surface area contributed by atoms with Crippen molar-refractivity contribution in [3.63, 3.8) is 0 Å². The molecule has 2 aliphatic heterocycles. The number of aromatic nitrogens is 7. The van der Waals surface area contributed by atoms with Gasteiger partial charge in [-0.1, -0.05) is 18.9 Å². The first-order valence-electron chi connectivity index (χ1n) is 13.9. The van der Waals surface area contributed by atoms with Gasteiger partial charge < -0.3 is 15.7 Å². The molecule has 0 aromatic carbocycles. The Kier molecular flexibility index (Phi) is 5.91. The summed E-state index contributed by atoms with van der Waals surface area (Å²) < 4.78 is 27.5. The quantitative estimate of drug-likeness (QED) is 0.317. The number of nitrogens with two attached hydrogens (primary N) is 1. The summed E-state index contributed by atoms with van der Waals surface area (Å²) in [6.45, 7) is 0. The van der Waals surface area contributed by atoms with Crippen molar-refractivity contribution < 1.29 is 18.3 Å². The molecule has 1 amide bonds. The average Bonchev–Trinajstić information content (AvgIpc) is 3.75. The summed E-state index contributed by atoms with van der Waals surface area (Å²) in [4.78, 5) is 28.5. The van der Waals surface area contributed by atoms with Crippen molar-refractivity contribution in [3.8, 4) is 11.1 Å². The monoisotopic (exact) mass is 577 g/mol. The zero-order valence-corrected chi connectivity index (χ0v) is 23.4. The number of aromatic amines is 1. The minimum Gasteiger partial charge on any atom is -0.384 e. The van der Waals surface area contributed by atoms with Gasteiger partial charge in [0.25, 0.3) is 5.91 Å². The van der Waals surface area contributed by atoms with Crippen LogP contribution in [0.3, 0.4) is 0 Å². The number of hydrogen-bond acceptors (Lipinski definition) is 10. The Morgan fingerprint density at radius 3 is 2.46 bits per heavy atom. The Morgan fingerprint density at radius 1 is 1.12 bits per heavy atom. The van der Waals surface area contributed by atoms with E-state index in [0.717, 1.165) is 37.5 Å². The summed E-state index contributed by atoms with van der Waals surface area (Å²) in [7, 11) is -3.75. The number of carbonyl (C=O) groups excluding carboxylic acids is 1. The fraction of sp³-hybridized carbons (Fsp3) is 0.481. The van der Waals surface area contributed by atoms with E-state index in [1.165, 1.54) is 10.8 Å².